The second-order valence-electron chi connectivity index (χ2n) is 9.96. The molecule has 2 aromatic carbocycles. The standard InChI is InChI=1S/C29H33N5O3S2/c35-26-20-33(29(38)31-22-11-13-24(14-12-22)37-23-9-5-2-6-10-23)16-17-34(26)25(19-21-7-3-1-4-8-21)27(36)32-28-30-15-18-39-28/h2,5-6,9-15,18,21,25H,1,3-4,7-8,16-17,19-20H2,(H,31,38)(H,30,32,36). The third kappa shape index (κ3) is 7.33. The van der Waals surface area contributed by atoms with Crippen LogP contribution in [0, 0.1) is 5.92 Å². The molecule has 1 saturated heterocycles. The number of hydrogen-bond donors (Lipinski definition) is 2. The number of nitrogens with one attached hydrogen (secondary N) is 2. The predicted molar refractivity (Wildman–Crippen MR) is 158 cm³/mol. The lowest BCUT2D eigenvalue weighted by molar-refractivity contribution is -0.142. The van der Waals surface area contributed by atoms with Crippen LogP contribution in [0.5, 0.6) is 11.5 Å². The summed E-state index contributed by atoms with van der Waals surface area (Å²) < 4.78 is 5.85. The van der Waals surface area contributed by atoms with E-state index in [0.29, 0.717) is 35.7 Å². The van der Waals surface area contributed by atoms with Crippen molar-refractivity contribution in [2.45, 2.75) is 44.6 Å². The van der Waals surface area contributed by atoms with Crippen LogP contribution in [0.3, 0.4) is 0 Å². The number of piperazine rings is 1. The van der Waals surface area contributed by atoms with Gasteiger partial charge >= 0.3 is 0 Å². The number of anilines is 2. The SMILES string of the molecule is O=C(Nc1nccs1)C(CC1CCCCC1)N1CCN(C(=S)Nc2ccc(Oc3ccccc3)cc2)CC1=O. The van der Waals surface area contributed by atoms with Gasteiger partial charge in [0.1, 0.15) is 17.5 Å². The molecule has 0 spiro atoms. The van der Waals surface area contributed by atoms with Crippen LogP contribution in [-0.2, 0) is 9.59 Å². The van der Waals surface area contributed by atoms with Gasteiger partial charge in [0, 0.05) is 30.4 Å². The summed E-state index contributed by atoms with van der Waals surface area (Å²) in [6.07, 6.45) is 8.19. The third-order valence-corrected chi connectivity index (χ3v) is 8.30. The number of thiocarbonyl (C=S) groups is 1. The Morgan fingerprint density at radius 3 is 2.46 bits per heavy atom. The molecule has 1 aliphatic carbocycles. The van der Waals surface area contributed by atoms with Gasteiger partial charge in [-0.2, -0.15) is 0 Å². The first-order chi connectivity index (χ1) is 19.0. The van der Waals surface area contributed by atoms with Crippen molar-refractivity contribution in [3.05, 3.63) is 66.2 Å². The van der Waals surface area contributed by atoms with Gasteiger partial charge in [0.2, 0.25) is 11.8 Å². The van der Waals surface area contributed by atoms with Crippen LogP contribution in [0.25, 0.3) is 0 Å². The van der Waals surface area contributed by atoms with Crippen LogP contribution in [0.4, 0.5) is 10.8 Å². The molecular formula is C29H33N5O3S2. The van der Waals surface area contributed by atoms with Gasteiger partial charge in [0.15, 0.2) is 10.2 Å². The molecule has 2 fully saturated rings. The number of nitrogens with zero attached hydrogens (tertiary/aromatic N) is 3. The predicted octanol–water partition coefficient (Wildman–Crippen LogP) is 5.75. The average Bonchev–Trinajstić information content (AvgIpc) is 3.47. The molecule has 0 radical (unpaired) electrons. The zero-order chi connectivity index (χ0) is 27.0. The number of para-hydroxylation sites is 1. The highest BCUT2D eigenvalue weighted by Crippen LogP contribution is 2.30. The van der Waals surface area contributed by atoms with Gasteiger partial charge in [0.05, 0.1) is 6.54 Å². The van der Waals surface area contributed by atoms with E-state index in [1.54, 1.807) is 11.1 Å². The molecule has 1 aliphatic heterocycles. The van der Waals surface area contributed by atoms with Crippen molar-refractivity contribution in [2.24, 2.45) is 5.92 Å². The van der Waals surface area contributed by atoms with Gasteiger partial charge in [-0.05, 0) is 61.0 Å². The number of carbonyl (C=O) groups is 2. The molecule has 2 heterocycles. The lowest BCUT2D eigenvalue weighted by atomic mass is 9.84. The number of carbonyl (C=O) groups excluding carboxylic acids is 2. The number of thiazole rings is 1. The van der Waals surface area contributed by atoms with Gasteiger partial charge in [-0.3, -0.25) is 9.59 Å². The number of ether oxygens (including phenoxy) is 1. The summed E-state index contributed by atoms with van der Waals surface area (Å²) in [4.78, 5) is 34.5. The summed E-state index contributed by atoms with van der Waals surface area (Å²) >= 11 is 7.02. The van der Waals surface area contributed by atoms with E-state index in [4.69, 9.17) is 17.0 Å². The van der Waals surface area contributed by atoms with Crippen LogP contribution in [0.1, 0.15) is 38.5 Å². The van der Waals surface area contributed by atoms with Crippen molar-refractivity contribution >= 4 is 51.3 Å². The zero-order valence-electron chi connectivity index (χ0n) is 21.8. The molecule has 2 aliphatic rings. The number of hydrogen-bond acceptors (Lipinski definition) is 6. The average molecular weight is 564 g/mol. The molecule has 1 aromatic heterocycles. The van der Waals surface area contributed by atoms with Crippen molar-refractivity contribution in [2.75, 3.05) is 30.3 Å². The fourth-order valence-corrected chi connectivity index (χ4v) is 6.02. The van der Waals surface area contributed by atoms with E-state index in [9.17, 15) is 9.59 Å². The Labute approximate surface area is 238 Å². The van der Waals surface area contributed by atoms with E-state index in [0.717, 1.165) is 30.0 Å². The van der Waals surface area contributed by atoms with Gasteiger partial charge in [-0.15, -0.1) is 11.3 Å². The summed E-state index contributed by atoms with van der Waals surface area (Å²) in [6.45, 7) is 1.12. The fraction of sp³-hybridized carbons (Fsp3) is 0.379. The molecule has 3 aromatic rings. The highest BCUT2D eigenvalue weighted by Gasteiger charge is 2.36. The van der Waals surface area contributed by atoms with E-state index in [2.05, 4.69) is 15.6 Å². The van der Waals surface area contributed by atoms with E-state index >= 15 is 0 Å². The first kappa shape index (κ1) is 27.1. The Hall–Kier alpha value is -3.50. The number of rotatable bonds is 8. The van der Waals surface area contributed by atoms with E-state index in [1.165, 1.54) is 30.6 Å². The maximum absolute atomic E-state index is 13.4. The Morgan fingerprint density at radius 1 is 1.03 bits per heavy atom. The number of benzene rings is 2. The third-order valence-electron chi connectivity index (χ3n) is 7.25. The smallest absolute Gasteiger partial charge is 0.248 e. The molecule has 5 rings (SSSR count). The molecule has 1 saturated carbocycles. The maximum atomic E-state index is 13.4. The molecule has 39 heavy (non-hydrogen) atoms. The molecule has 2 N–H and O–H groups in total. The second kappa shape index (κ2) is 13.0. The Morgan fingerprint density at radius 2 is 1.77 bits per heavy atom. The first-order valence-corrected chi connectivity index (χ1v) is 14.7. The van der Waals surface area contributed by atoms with Crippen molar-refractivity contribution in [1.29, 1.82) is 0 Å². The van der Waals surface area contributed by atoms with Crippen LogP contribution in [-0.4, -0.2) is 57.4 Å². The molecule has 8 nitrogen and oxygen atoms in total. The van der Waals surface area contributed by atoms with Crippen LogP contribution in [0.15, 0.2) is 66.2 Å². The molecule has 2 amide bonds. The Kier molecular flexibility index (Phi) is 9.05. The molecule has 0 bridgehead atoms. The Bertz CT molecular complexity index is 1250. The van der Waals surface area contributed by atoms with Crippen molar-refractivity contribution in [1.82, 2.24) is 14.8 Å². The van der Waals surface area contributed by atoms with E-state index < -0.39 is 6.04 Å². The fourth-order valence-electron chi connectivity index (χ4n) is 5.21. The van der Waals surface area contributed by atoms with Crippen molar-refractivity contribution in [3.8, 4) is 11.5 Å². The second-order valence-corrected chi connectivity index (χ2v) is 11.2. The summed E-state index contributed by atoms with van der Waals surface area (Å²) in [7, 11) is 0. The Balaban J connectivity index is 1.18. The van der Waals surface area contributed by atoms with Crippen LogP contribution >= 0.6 is 23.6 Å². The molecule has 204 valence electrons. The molecule has 1 atom stereocenters. The minimum Gasteiger partial charge on any atom is -0.457 e. The van der Waals surface area contributed by atoms with Crippen molar-refractivity contribution < 1.29 is 14.3 Å². The van der Waals surface area contributed by atoms with Gasteiger partial charge in [-0.25, -0.2) is 4.98 Å². The highest BCUT2D eigenvalue weighted by atomic mass is 32.1. The minimum absolute atomic E-state index is 0.0906. The van der Waals surface area contributed by atoms with Crippen LogP contribution in [0.2, 0.25) is 0 Å². The summed E-state index contributed by atoms with van der Waals surface area (Å²) in [5.41, 5.74) is 0.813. The van der Waals surface area contributed by atoms with E-state index in [1.807, 2.05) is 64.9 Å². The van der Waals surface area contributed by atoms with E-state index in [-0.39, 0.29) is 18.4 Å². The lowest BCUT2D eigenvalue weighted by Crippen LogP contribution is -2.59. The van der Waals surface area contributed by atoms with Crippen LogP contribution < -0.4 is 15.4 Å². The quantitative estimate of drug-likeness (QED) is 0.337. The first-order valence-electron chi connectivity index (χ1n) is 13.4. The summed E-state index contributed by atoms with van der Waals surface area (Å²) in [6, 6.07) is 16.6. The topological polar surface area (TPSA) is 86.8 Å². The van der Waals surface area contributed by atoms with Crippen molar-refractivity contribution in [3.63, 3.8) is 0 Å². The summed E-state index contributed by atoms with van der Waals surface area (Å²) in [5, 5.41) is 9.03. The molecule has 10 heteroatoms. The lowest BCUT2D eigenvalue weighted by Gasteiger charge is -2.40. The van der Waals surface area contributed by atoms with Gasteiger partial charge in [-0.1, -0.05) is 50.3 Å². The highest BCUT2D eigenvalue weighted by molar-refractivity contribution is 7.80. The maximum Gasteiger partial charge on any atom is 0.248 e. The number of aromatic nitrogens is 1. The van der Waals surface area contributed by atoms with Gasteiger partial charge < -0.3 is 25.2 Å². The summed E-state index contributed by atoms with van der Waals surface area (Å²) in [5.74, 6) is 1.70. The monoisotopic (exact) mass is 563 g/mol. The largest absolute Gasteiger partial charge is 0.457 e. The van der Waals surface area contributed by atoms with Gasteiger partial charge in [0.25, 0.3) is 0 Å². The normalized spacial score (nSPS) is 17.0. The molecular weight excluding hydrogens is 530 g/mol. The number of amides is 2. The zero-order valence-corrected chi connectivity index (χ0v) is 23.4. The molecule has 1 unspecified atom stereocenters. The minimum atomic E-state index is -0.509.